The molecule has 0 amide bonds. The van der Waals surface area contributed by atoms with Crippen molar-refractivity contribution >= 4 is 17.2 Å². The summed E-state index contributed by atoms with van der Waals surface area (Å²) in [4.78, 5) is 27.0. The normalized spacial score (nSPS) is 10.4. The van der Waals surface area contributed by atoms with Crippen LogP contribution in [0.15, 0.2) is 36.5 Å². The molecule has 0 radical (unpaired) electrons. The van der Waals surface area contributed by atoms with E-state index in [2.05, 4.69) is 4.98 Å². The Morgan fingerprint density at radius 1 is 1.38 bits per heavy atom. The maximum absolute atomic E-state index is 12.2. The molecule has 2 rings (SSSR count). The lowest BCUT2D eigenvalue weighted by molar-refractivity contribution is -0.384. The van der Waals surface area contributed by atoms with Gasteiger partial charge >= 0.3 is 0 Å². The van der Waals surface area contributed by atoms with Gasteiger partial charge in [0.1, 0.15) is 0 Å². The Balaban J connectivity index is 2.16. The lowest BCUT2D eigenvalue weighted by Crippen LogP contribution is -2.30. The quantitative estimate of drug-likeness (QED) is 0.503. The van der Waals surface area contributed by atoms with E-state index in [1.807, 2.05) is 43.0 Å². The summed E-state index contributed by atoms with van der Waals surface area (Å²) >= 11 is 0. The van der Waals surface area contributed by atoms with Crippen molar-refractivity contribution in [2.45, 2.75) is 13.8 Å². The third kappa shape index (κ3) is 3.28. The highest BCUT2D eigenvalue weighted by Crippen LogP contribution is 2.20. The number of aromatic nitrogens is 1. The predicted molar refractivity (Wildman–Crippen MR) is 80.8 cm³/mol. The van der Waals surface area contributed by atoms with Crippen molar-refractivity contribution in [3.63, 3.8) is 0 Å². The molecule has 6 nitrogen and oxygen atoms in total. The zero-order valence-corrected chi connectivity index (χ0v) is 12.0. The number of H-pyrrole nitrogens is 1. The zero-order chi connectivity index (χ0) is 15.4. The van der Waals surface area contributed by atoms with Gasteiger partial charge in [0.15, 0.2) is 5.78 Å². The Bertz CT molecular complexity index is 664. The molecule has 21 heavy (non-hydrogen) atoms. The first-order valence-electron chi connectivity index (χ1n) is 6.69. The minimum absolute atomic E-state index is 0.0997. The van der Waals surface area contributed by atoms with E-state index in [9.17, 15) is 14.9 Å². The molecule has 0 atom stereocenters. The number of para-hydroxylation sites is 1. The molecule has 110 valence electrons. The molecular weight excluding hydrogens is 270 g/mol. The SMILES string of the molecule is CCN(CC(=O)c1cc([N+](=O)[O-])c[nH]1)c1ccccc1C. The number of likely N-dealkylation sites (N-methyl/N-ethyl adjacent to an activating group) is 1. The van der Waals surface area contributed by atoms with Crippen LogP contribution in [0, 0.1) is 17.0 Å². The number of ketones is 1. The molecule has 0 aliphatic rings. The molecule has 2 aromatic rings. The topological polar surface area (TPSA) is 79.2 Å². The van der Waals surface area contributed by atoms with Gasteiger partial charge in [0.2, 0.25) is 0 Å². The molecule has 1 heterocycles. The molecular formula is C15H17N3O3. The van der Waals surface area contributed by atoms with E-state index in [-0.39, 0.29) is 23.7 Å². The van der Waals surface area contributed by atoms with Gasteiger partial charge in [0.05, 0.1) is 23.4 Å². The average Bonchev–Trinajstić information content (AvgIpc) is 2.95. The summed E-state index contributed by atoms with van der Waals surface area (Å²) in [6.07, 6.45) is 1.23. The first-order valence-corrected chi connectivity index (χ1v) is 6.69. The van der Waals surface area contributed by atoms with Crippen molar-refractivity contribution < 1.29 is 9.72 Å². The number of aryl methyl sites for hydroxylation is 1. The average molecular weight is 287 g/mol. The van der Waals surface area contributed by atoms with E-state index in [0.717, 1.165) is 11.3 Å². The minimum atomic E-state index is -0.522. The molecule has 0 spiro atoms. The van der Waals surface area contributed by atoms with Gasteiger partial charge in [-0.3, -0.25) is 14.9 Å². The molecule has 0 saturated heterocycles. The minimum Gasteiger partial charge on any atom is -0.364 e. The summed E-state index contributed by atoms with van der Waals surface area (Å²) in [6.45, 7) is 4.82. The molecule has 0 aliphatic heterocycles. The molecule has 0 fully saturated rings. The standard InChI is InChI=1S/C15H17N3O3/c1-3-17(14-7-5-4-6-11(14)2)10-15(19)13-8-12(9-16-13)18(20)21/h4-9,16H,3,10H2,1-2H3. The van der Waals surface area contributed by atoms with Crippen LogP contribution in [-0.2, 0) is 0 Å². The monoisotopic (exact) mass is 287 g/mol. The van der Waals surface area contributed by atoms with Gasteiger partial charge in [-0.05, 0) is 25.5 Å². The van der Waals surface area contributed by atoms with E-state index < -0.39 is 4.92 Å². The van der Waals surface area contributed by atoms with Crippen LogP contribution in [0.5, 0.6) is 0 Å². The van der Waals surface area contributed by atoms with Crippen molar-refractivity contribution in [2.24, 2.45) is 0 Å². The van der Waals surface area contributed by atoms with Crippen LogP contribution in [0.2, 0.25) is 0 Å². The number of carbonyl (C=O) groups excluding carboxylic acids is 1. The van der Waals surface area contributed by atoms with Gasteiger partial charge in [-0.2, -0.15) is 0 Å². The van der Waals surface area contributed by atoms with Crippen LogP contribution in [0.25, 0.3) is 0 Å². The number of carbonyl (C=O) groups is 1. The smallest absolute Gasteiger partial charge is 0.287 e. The molecule has 0 bridgehead atoms. The highest BCUT2D eigenvalue weighted by molar-refractivity contribution is 5.98. The molecule has 1 aromatic carbocycles. The number of rotatable bonds is 6. The summed E-state index contributed by atoms with van der Waals surface area (Å²) in [6, 6.07) is 9.09. The first-order chi connectivity index (χ1) is 10.0. The van der Waals surface area contributed by atoms with Crippen molar-refractivity contribution in [3.05, 3.63) is 57.9 Å². The number of hydrogen-bond acceptors (Lipinski definition) is 4. The summed E-state index contributed by atoms with van der Waals surface area (Å²) in [5, 5.41) is 10.6. The van der Waals surface area contributed by atoms with Crippen molar-refractivity contribution in [3.8, 4) is 0 Å². The van der Waals surface area contributed by atoms with Crippen molar-refractivity contribution in [1.29, 1.82) is 0 Å². The summed E-state index contributed by atoms with van der Waals surface area (Å²) in [7, 11) is 0. The molecule has 0 saturated carbocycles. The van der Waals surface area contributed by atoms with Crippen LogP contribution in [-0.4, -0.2) is 28.8 Å². The fourth-order valence-corrected chi connectivity index (χ4v) is 2.19. The maximum Gasteiger partial charge on any atom is 0.287 e. The summed E-state index contributed by atoms with van der Waals surface area (Å²) in [5.41, 5.74) is 2.24. The fourth-order valence-electron chi connectivity index (χ4n) is 2.19. The lowest BCUT2D eigenvalue weighted by atomic mass is 10.1. The van der Waals surface area contributed by atoms with Crippen LogP contribution < -0.4 is 4.90 Å². The number of benzene rings is 1. The molecule has 6 heteroatoms. The summed E-state index contributed by atoms with van der Waals surface area (Å²) in [5.74, 6) is -0.173. The summed E-state index contributed by atoms with van der Waals surface area (Å²) < 4.78 is 0. The second kappa shape index (κ2) is 6.21. The largest absolute Gasteiger partial charge is 0.364 e. The van der Waals surface area contributed by atoms with Gasteiger partial charge in [-0.15, -0.1) is 0 Å². The van der Waals surface area contributed by atoms with Crippen LogP contribution in [0.4, 0.5) is 11.4 Å². The van der Waals surface area contributed by atoms with Gasteiger partial charge in [0, 0.05) is 18.3 Å². The second-order valence-electron chi connectivity index (χ2n) is 4.75. The van der Waals surface area contributed by atoms with Crippen LogP contribution >= 0.6 is 0 Å². The Morgan fingerprint density at radius 2 is 2.10 bits per heavy atom. The number of hydrogen-bond donors (Lipinski definition) is 1. The van der Waals surface area contributed by atoms with Gasteiger partial charge in [0.25, 0.3) is 5.69 Å². The first kappa shape index (κ1) is 14.8. The Hall–Kier alpha value is -2.63. The highest BCUT2D eigenvalue weighted by atomic mass is 16.6. The third-order valence-electron chi connectivity index (χ3n) is 3.35. The van der Waals surface area contributed by atoms with Gasteiger partial charge in [-0.25, -0.2) is 0 Å². The maximum atomic E-state index is 12.2. The number of anilines is 1. The molecule has 0 unspecified atom stereocenters. The lowest BCUT2D eigenvalue weighted by Gasteiger charge is -2.23. The van der Waals surface area contributed by atoms with E-state index >= 15 is 0 Å². The van der Waals surface area contributed by atoms with Crippen LogP contribution in [0.3, 0.4) is 0 Å². The Labute approximate surface area is 122 Å². The Kier molecular flexibility index (Phi) is 4.37. The fraction of sp³-hybridized carbons (Fsp3) is 0.267. The highest BCUT2D eigenvalue weighted by Gasteiger charge is 2.17. The van der Waals surface area contributed by atoms with E-state index in [4.69, 9.17) is 0 Å². The van der Waals surface area contributed by atoms with Crippen molar-refractivity contribution in [1.82, 2.24) is 4.98 Å². The van der Waals surface area contributed by atoms with Crippen molar-refractivity contribution in [2.75, 3.05) is 18.0 Å². The Morgan fingerprint density at radius 3 is 2.67 bits per heavy atom. The number of nitrogens with one attached hydrogen (secondary N) is 1. The van der Waals surface area contributed by atoms with Crippen LogP contribution in [0.1, 0.15) is 23.0 Å². The zero-order valence-electron chi connectivity index (χ0n) is 12.0. The van der Waals surface area contributed by atoms with Gasteiger partial charge < -0.3 is 9.88 Å². The number of nitrogens with zero attached hydrogens (tertiary/aromatic N) is 2. The number of aromatic amines is 1. The van der Waals surface area contributed by atoms with E-state index in [1.165, 1.54) is 12.3 Å². The number of Topliss-reactive ketones (excluding diaryl/α,β-unsaturated/α-hetero) is 1. The van der Waals surface area contributed by atoms with E-state index in [1.54, 1.807) is 0 Å². The molecule has 1 N–H and O–H groups in total. The number of nitro groups is 1. The van der Waals surface area contributed by atoms with E-state index in [0.29, 0.717) is 6.54 Å². The second-order valence-corrected chi connectivity index (χ2v) is 4.75. The van der Waals surface area contributed by atoms with Gasteiger partial charge in [-0.1, -0.05) is 18.2 Å². The molecule has 0 aliphatic carbocycles. The predicted octanol–water partition coefficient (Wildman–Crippen LogP) is 2.94. The third-order valence-corrected chi connectivity index (χ3v) is 3.35. The molecule has 1 aromatic heterocycles.